The fourth-order valence-corrected chi connectivity index (χ4v) is 0.0589. The molecule has 0 fully saturated rings. The molecule has 1 nitrogen and oxygen atoms in total. The van der Waals surface area contributed by atoms with Crippen LogP contribution in [-0.2, 0) is 21.6 Å². The van der Waals surface area contributed by atoms with Gasteiger partial charge in [0, 0.05) is 16.8 Å². The molecule has 7 heavy (non-hydrogen) atoms. The first kappa shape index (κ1) is 15.7. The second-order valence-corrected chi connectivity index (χ2v) is 0.637. The van der Waals surface area contributed by atoms with Crippen LogP contribution in [0, 0.1) is 0 Å². The number of hydrogen-bond acceptors (Lipinski definition) is 1. The molecule has 44 valence electrons. The smallest absolute Gasteiger partial charge is 0 e. The summed E-state index contributed by atoms with van der Waals surface area (Å²) in [7, 11) is 0. The van der Waals surface area contributed by atoms with E-state index < -0.39 is 0 Å². The fourth-order valence-electron chi connectivity index (χ4n) is 0.0589. The average molecular weight is 159 g/mol. The van der Waals surface area contributed by atoms with Crippen LogP contribution in [0.4, 0.5) is 0 Å². The number of rotatable bonds is 2. The van der Waals surface area contributed by atoms with Gasteiger partial charge in [0.2, 0.25) is 0 Å². The molecule has 0 aromatic carbocycles. The van der Waals surface area contributed by atoms with Crippen molar-refractivity contribution in [2.75, 3.05) is 0 Å². The van der Waals surface area contributed by atoms with E-state index in [1.807, 2.05) is 0 Å². The predicted octanol–water partition coefficient (Wildman–Crippen LogP) is -0.514. The van der Waals surface area contributed by atoms with E-state index in [1.165, 1.54) is 6.08 Å². The number of hydrogen-bond donors (Lipinski definition) is 0. The molecular formula is C4H8CoOSi-. The first-order chi connectivity index (χ1) is 2.41. The molecule has 0 spiro atoms. The second kappa shape index (κ2) is 16.5. The summed E-state index contributed by atoms with van der Waals surface area (Å²) in [5.74, 6) is 0. The van der Waals surface area contributed by atoms with E-state index in [-0.39, 0.29) is 27.7 Å². The normalized spacial score (nSPS) is 4.57. The molecule has 0 aliphatic heterocycles. The minimum Gasteiger partial charge on any atom is -0.541 e. The van der Waals surface area contributed by atoms with Crippen molar-refractivity contribution >= 4 is 17.3 Å². The molecule has 0 unspecified atom stereocenters. The molecule has 0 aliphatic carbocycles. The van der Waals surface area contributed by atoms with Gasteiger partial charge in [-0.05, 0) is 11.0 Å². The molecule has 0 N–H and O–H groups in total. The molecule has 0 aromatic heterocycles. The predicted molar refractivity (Wildman–Crippen MR) is 30.4 cm³/mol. The molecule has 0 saturated heterocycles. The summed E-state index contributed by atoms with van der Waals surface area (Å²) in [5, 5.41) is 0. The Bertz CT molecular complexity index is 41.0. The summed E-state index contributed by atoms with van der Waals surface area (Å²) in [4.78, 5) is 9.21. The van der Waals surface area contributed by atoms with Gasteiger partial charge >= 0.3 is 0 Å². The first-order valence-corrected chi connectivity index (χ1v) is 1.37. The van der Waals surface area contributed by atoms with Crippen molar-refractivity contribution < 1.29 is 21.6 Å². The maximum Gasteiger partial charge on any atom is 0 e. The van der Waals surface area contributed by atoms with Crippen molar-refractivity contribution in [3.8, 4) is 0 Å². The minimum absolute atomic E-state index is 0. The van der Waals surface area contributed by atoms with E-state index in [1.54, 1.807) is 6.29 Å². The summed E-state index contributed by atoms with van der Waals surface area (Å²) in [6.07, 6.45) is 3.50. The Kier molecular flexibility index (Phi) is 36.9. The standard InChI is InChI=1S/C4H5O.Co.H3Si/c1-2-3-4-5;;/h2H,1,3H2;;1H3/q-1;;. The molecule has 0 aromatic rings. The van der Waals surface area contributed by atoms with Crippen molar-refractivity contribution in [1.29, 1.82) is 0 Å². The van der Waals surface area contributed by atoms with Gasteiger partial charge in [0.25, 0.3) is 0 Å². The van der Waals surface area contributed by atoms with Crippen LogP contribution in [0.1, 0.15) is 6.42 Å². The Balaban J connectivity index is -0.0000000800. The molecule has 3 heteroatoms. The van der Waals surface area contributed by atoms with Crippen LogP contribution >= 0.6 is 0 Å². The Hall–Kier alpha value is 0.133. The maximum atomic E-state index is 9.21. The Morgan fingerprint density at radius 2 is 2.14 bits per heavy atom. The first-order valence-electron chi connectivity index (χ1n) is 1.37. The topological polar surface area (TPSA) is 17.1 Å². The minimum atomic E-state index is 0. The molecule has 0 bridgehead atoms. The molecule has 0 heterocycles. The third-order valence-electron chi connectivity index (χ3n) is 0.228. The summed E-state index contributed by atoms with van der Waals surface area (Å²) in [6.45, 7) is 3.29. The van der Waals surface area contributed by atoms with Gasteiger partial charge in [-0.1, -0.05) is 0 Å². The molecule has 0 atom stereocenters. The van der Waals surface area contributed by atoms with Crippen molar-refractivity contribution in [2.24, 2.45) is 0 Å². The third kappa shape index (κ3) is 23.0. The van der Waals surface area contributed by atoms with Gasteiger partial charge < -0.3 is 4.79 Å². The zero-order chi connectivity index (χ0) is 4.12. The number of carbonyl (C=O) groups excluding carboxylic acids is 1. The van der Waals surface area contributed by atoms with Crippen molar-refractivity contribution in [2.45, 2.75) is 6.42 Å². The SMILES string of the molecule is C=CC[C-]=O.[Co].[SiH3]. The quantitative estimate of drug-likeness (QED) is 0.301. The van der Waals surface area contributed by atoms with E-state index in [2.05, 4.69) is 6.58 Å². The molecule has 0 amide bonds. The number of allylic oxidation sites excluding steroid dienone is 1. The molecule has 0 saturated carbocycles. The summed E-state index contributed by atoms with van der Waals surface area (Å²) >= 11 is 0. The fraction of sp³-hybridized carbons (Fsp3) is 0.250. The van der Waals surface area contributed by atoms with Crippen LogP contribution in [0.2, 0.25) is 0 Å². The molecule has 2 radical (unpaired) electrons. The Morgan fingerprint density at radius 3 is 2.14 bits per heavy atom. The van der Waals surface area contributed by atoms with Gasteiger partial charge in [-0.2, -0.15) is 0 Å². The van der Waals surface area contributed by atoms with Crippen LogP contribution in [-0.4, -0.2) is 17.3 Å². The summed E-state index contributed by atoms with van der Waals surface area (Å²) in [6, 6.07) is 0. The van der Waals surface area contributed by atoms with Crippen LogP contribution in [0.25, 0.3) is 0 Å². The monoisotopic (exact) mass is 159 g/mol. The van der Waals surface area contributed by atoms with Crippen molar-refractivity contribution in [3.05, 3.63) is 12.7 Å². The van der Waals surface area contributed by atoms with E-state index in [0.717, 1.165) is 0 Å². The van der Waals surface area contributed by atoms with Gasteiger partial charge in [0.1, 0.15) is 0 Å². The Labute approximate surface area is 58.4 Å². The van der Waals surface area contributed by atoms with Crippen LogP contribution in [0.5, 0.6) is 0 Å². The molecule has 0 rings (SSSR count). The molecular weight excluding hydrogens is 151 g/mol. The third-order valence-corrected chi connectivity index (χ3v) is 0.228. The van der Waals surface area contributed by atoms with Gasteiger partial charge in [0.15, 0.2) is 0 Å². The summed E-state index contributed by atoms with van der Waals surface area (Å²) < 4.78 is 0. The van der Waals surface area contributed by atoms with E-state index in [9.17, 15) is 4.79 Å². The maximum absolute atomic E-state index is 9.21. The van der Waals surface area contributed by atoms with Crippen molar-refractivity contribution in [3.63, 3.8) is 0 Å². The zero-order valence-electron chi connectivity index (χ0n) is 4.23. The van der Waals surface area contributed by atoms with Gasteiger partial charge in [-0.25, -0.2) is 0 Å². The van der Waals surface area contributed by atoms with E-state index in [4.69, 9.17) is 0 Å². The summed E-state index contributed by atoms with van der Waals surface area (Å²) in [5.41, 5.74) is 0. The van der Waals surface area contributed by atoms with Gasteiger partial charge in [0.05, 0.1) is 0 Å². The van der Waals surface area contributed by atoms with Crippen LogP contribution in [0.3, 0.4) is 0 Å². The zero-order valence-corrected chi connectivity index (χ0v) is 7.27. The van der Waals surface area contributed by atoms with Crippen molar-refractivity contribution in [1.82, 2.24) is 0 Å². The van der Waals surface area contributed by atoms with Gasteiger partial charge in [-0.15, -0.1) is 19.1 Å². The van der Waals surface area contributed by atoms with Crippen LogP contribution < -0.4 is 0 Å². The largest absolute Gasteiger partial charge is 0.541 e. The van der Waals surface area contributed by atoms with Crippen LogP contribution in [0.15, 0.2) is 12.7 Å². The molecule has 0 aliphatic rings. The second-order valence-electron chi connectivity index (χ2n) is 0.637. The van der Waals surface area contributed by atoms with Gasteiger partial charge in [-0.3, -0.25) is 6.29 Å². The average Bonchev–Trinajstić information content (AvgIpc) is 1.41. The Morgan fingerprint density at radius 1 is 1.71 bits per heavy atom. The van der Waals surface area contributed by atoms with E-state index in [0.29, 0.717) is 6.42 Å². The van der Waals surface area contributed by atoms with E-state index >= 15 is 0 Å².